The van der Waals surface area contributed by atoms with Crippen molar-refractivity contribution in [1.82, 2.24) is 16.0 Å². The van der Waals surface area contributed by atoms with Gasteiger partial charge in [-0.2, -0.15) is 0 Å². The molecule has 2 rings (SSSR count). The van der Waals surface area contributed by atoms with E-state index in [1.807, 2.05) is 49.4 Å². The van der Waals surface area contributed by atoms with Gasteiger partial charge in [-0.05, 0) is 48.6 Å². The van der Waals surface area contributed by atoms with E-state index in [-0.39, 0.29) is 5.91 Å². The van der Waals surface area contributed by atoms with E-state index in [2.05, 4.69) is 40.9 Å². The SMILES string of the molecule is CCNC(=NCCc1cccc(C(=O)NC)c1)NCCOc1ccccc1C(C)C. The molecule has 0 aliphatic heterocycles. The van der Waals surface area contributed by atoms with Gasteiger partial charge in [0.25, 0.3) is 5.91 Å². The number of benzene rings is 2. The highest BCUT2D eigenvalue weighted by Crippen LogP contribution is 2.25. The Morgan fingerprint density at radius 2 is 1.90 bits per heavy atom. The Kier molecular flexibility index (Phi) is 9.71. The molecule has 2 aromatic rings. The summed E-state index contributed by atoms with van der Waals surface area (Å²) in [7, 11) is 1.64. The van der Waals surface area contributed by atoms with Gasteiger partial charge >= 0.3 is 0 Å². The molecule has 6 nitrogen and oxygen atoms in total. The fourth-order valence-corrected chi connectivity index (χ4v) is 3.07. The van der Waals surface area contributed by atoms with Gasteiger partial charge in [0.15, 0.2) is 5.96 Å². The number of para-hydroxylation sites is 1. The topological polar surface area (TPSA) is 74.8 Å². The molecule has 0 bridgehead atoms. The lowest BCUT2D eigenvalue weighted by molar-refractivity contribution is 0.0963. The first-order valence-electron chi connectivity index (χ1n) is 10.6. The van der Waals surface area contributed by atoms with Gasteiger partial charge in [-0.1, -0.05) is 44.2 Å². The minimum atomic E-state index is -0.0746. The zero-order valence-corrected chi connectivity index (χ0v) is 18.5. The zero-order valence-electron chi connectivity index (χ0n) is 18.5. The van der Waals surface area contributed by atoms with Crippen molar-refractivity contribution >= 4 is 11.9 Å². The second kappa shape index (κ2) is 12.5. The van der Waals surface area contributed by atoms with Gasteiger partial charge in [-0.3, -0.25) is 9.79 Å². The monoisotopic (exact) mass is 410 g/mol. The molecule has 3 N–H and O–H groups in total. The standard InChI is InChI=1S/C24H34N4O2/c1-5-26-24(27-14-13-19-9-8-10-20(17-19)23(29)25-4)28-15-16-30-22-12-7-6-11-21(22)18(2)3/h6-12,17-18H,5,13-16H2,1-4H3,(H,25,29)(H2,26,27,28). The van der Waals surface area contributed by atoms with Gasteiger partial charge in [0, 0.05) is 25.7 Å². The Bertz CT molecular complexity index is 833. The predicted octanol–water partition coefficient (Wildman–Crippen LogP) is 3.35. The Morgan fingerprint density at radius 1 is 1.10 bits per heavy atom. The minimum absolute atomic E-state index is 0.0746. The highest BCUT2D eigenvalue weighted by Gasteiger charge is 2.07. The number of hydrogen-bond donors (Lipinski definition) is 3. The number of amides is 1. The molecule has 0 aliphatic rings. The van der Waals surface area contributed by atoms with Crippen molar-refractivity contribution in [1.29, 1.82) is 0 Å². The van der Waals surface area contributed by atoms with Crippen molar-refractivity contribution in [3.8, 4) is 5.75 Å². The summed E-state index contributed by atoms with van der Waals surface area (Å²) in [6.45, 7) is 9.01. The lowest BCUT2D eigenvalue weighted by atomic mass is 10.0. The van der Waals surface area contributed by atoms with E-state index in [1.165, 1.54) is 5.56 Å². The number of ether oxygens (including phenoxy) is 1. The van der Waals surface area contributed by atoms with Crippen LogP contribution in [0, 0.1) is 0 Å². The van der Waals surface area contributed by atoms with Crippen LogP contribution in [0.2, 0.25) is 0 Å². The van der Waals surface area contributed by atoms with Crippen molar-refractivity contribution in [2.45, 2.75) is 33.1 Å². The second-order valence-corrected chi connectivity index (χ2v) is 7.26. The highest BCUT2D eigenvalue weighted by atomic mass is 16.5. The first-order valence-corrected chi connectivity index (χ1v) is 10.6. The number of nitrogens with zero attached hydrogens (tertiary/aromatic N) is 1. The van der Waals surface area contributed by atoms with E-state index in [9.17, 15) is 4.79 Å². The largest absolute Gasteiger partial charge is 0.491 e. The van der Waals surface area contributed by atoms with Gasteiger partial charge in [0.1, 0.15) is 12.4 Å². The molecule has 0 aromatic heterocycles. The normalized spacial score (nSPS) is 11.3. The van der Waals surface area contributed by atoms with Crippen LogP contribution in [-0.4, -0.2) is 45.2 Å². The average molecular weight is 411 g/mol. The molecule has 6 heteroatoms. The summed E-state index contributed by atoms with van der Waals surface area (Å²) in [5.74, 6) is 2.05. The minimum Gasteiger partial charge on any atom is -0.491 e. The van der Waals surface area contributed by atoms with Crippen LogP contribution in [-0.2, 0) is 6.42 Å². The van der Waals surface area contributed by atoms with Gasteiger partial charge in [-0.15, -0.1) is 0 Å². The van der Waals surface area contributed by atoms with Crippen LogP contribution < -0.4 is 20.7 Å². The molecule has 0 unspecified atom stereocenters. The highest BCUT2D eigenvalue weighted by molar-refractivity contribution is 5.94. The van der Waals surface area contributed by atoms with Gasteiger partial charge in [0.05, 0.1) is 6.54 Å². The summed E-state index contributed by atoms with van der Waals surface area (Å²) in [5, 5.41) is 9.22. The maximum Gasteiger partial charge on any atom is 0.251 e. The summed E-state index contributed by atoms with van der Waals surface area (Å²) in [4.78, 5) is 16.4. The predicted molar refractivity (Wildman–Crippen MR) is 124 cm³/mol. The van der Waals surface area contributed by atoms with E-state index in [1.54, 1.807) is 7.05 Å². The molecular formula is C24H34N4O2. The van der Waals surface area contributed by atoms with Gasteiger partial charge < -0.3 is 20.7 Å². The van der Waals surface area contributed by atoms with Gasteiger partial charge in [0.2, 0.25) is 0 Å². The van der Waals surface area contributed by atoms with Crippen molar-refractivity contribution in [2.75, 3.05) is 33.3 Å². The Morgan fingerprint density at radius 3 is 2.63 bits per heavy atom. The molecule has 0 aliphatic carbocycles. The summed E-state index contributed by atoms with van der Waals surface area (Å²) in [5.41, 5.74) is 2.98. The lowest BCUT2D eigenvalue weighted by Crippen LogP contribution is -2.39. The first-order chi connectivity index (χ1) is 14.5. The summed E-state index contributed by atoms with van der Waals surface area (Å²) in [6, 6.07) is 15.8. The van der Waals surface area contributed by atoms with Crippen LogP contribution >= 0.6 is 0 Å². The fourth-order valence-electron chi connectivity index (χ4n) is 3.07. The molecule has 0 heterocycles. The Labute approximate surface area is 180 Å². The van der Waals surface area contributed by atoms with Crippen molar-refractivity contribution in [3.05, 3.63) is 65.2 Å². The third kappa shape index (κ3) is 7.43. The Hall–Kier alpha value is -3.02. The third-order valence-corrected chi connectivity index (χ3v) is 4.62. The van der Waals surface area contributed by atoms with Gasteiger partial charge in [-0.25, -0.2) is 0 Å². The molecule has 162 valence electrons. The quantitative estimate of drug-likeness (QED) is 0.319. The maximum atomic E-state index is 11.8. The molecule has 2 aromatic carbocycles. The molecule has 30 heavy (non-hydrogen) atoms. The Balaban J connectivity index is 1.84. The summed E-state index contributed by atoms with van der Waals surface area (Å²) in [6.07, 6.45) is 0.764. The molecule has 0 saturated carbocycles. The van der Waals surface area contributed by atoms with Crippen molar-refractivity contribution in [3.63, 3.8) is 0 Å². The third-order valence-electron chi connectivity index (χ3n) is 4.62. The number of rotatable bonds is 10. The van der Waals surface area contributed by atoms with Crippen LogP contribution in [0.5, 0.6) is 5.75 Å². The lowest BCUT2D eigenvalue weighted by Gasteiger charge is -2.15. The molecule has 0 spiro atoms. The zero-order chi connectivity index (χ0) is 21.8. The van der Waals surface area contributed by atoms with E-state index in [0.29, 0.717) is 31.2 Å². The maximum absolute atomic E-state index is 11.8. The number of carbonyl (C=O) groups is 1. The van der Waals surface area contributed by atoms with E-state index >= 15 is 0 Å². The first kappa shape index (κ1) is 23.3. The van der Waals surface area contributed by atoms with Crippen LogP contribution in [0.1, 0.15) is 48.2 Å². The van der Waals surface area contributed by atoms with Crippen LogP contribution in [0.3, 0.4) is 0 Å². The number of aliphatic imine (C=N–C) groups is 1. The summed E-state index contributed by atoms with van der Waals surface area (Å²) >= 11 is 0. The van der Waals surface area contributed by atoms with Crippen LogP contribution in [0.4, 0.5) is 0 Å². The van der Waals surface area contributed by atoms with Crippen LogP contribution in [0.25, 0.3) is 0 Å². The number of hydrogen-bond acceptors (Lipinski definition) is 3. The molecular weight excluding hydrogens is 376 g/mol. The van der Waals surface area contributed by atoms with Crippen LogP contribution in [0.15, 0.2) is 53.5 Å². The summed E-state index contributed by atoms with van der Waals surface area (Å²) < 4.78 is 5.96. The van der Waals surface area contributed by atoms with E-state index in [0.717, 1.165) is 30.2 Å². The number of nitrogens with one attached hydrogen (secondary N) is 3. The van der Waals surface area contributed by atoms with Crippen molar-refractivity contribution < 1.29 is 9.53 Å². The molecule has 0 radical (unpaired) electrons. The fraction of sp³-hybridized carbons (Fsp3) is 0.417. The molecule has 0 fully saturated rings. The van der Waals surface area contributed by atoms with E-state index in [4.69, 9.17) is 4.74 Å². The number of carbonyl (C=O) groups excluding carboxylic acids is 1. The molecule has 1 amide bonds. The molecule has 0 atom stereocenters. The number of guanidine groups is 1. The van der Waals surface area contributed by atoms with Crippen molar-refractivity contribution in [2.24, 2.45) is 4.99 Å². The van der Waals surface area contributed by atoms with E-state index < -0.39 is 0 Å². The average Bonchev–Trinajstić information content (AvgIpc) is 2.76. The smallest absolute Gasteiger partial charge is 0.251 e. The second-order valence-electron chi connectivity index (χ2n) is 7.26. The molecule has 0 saturated heterocycles.